The minimum atomic E-state index is 0.166. The highest BCUT2D eigenvalue weighted by molar-refractivity contribution is 5.91. The summed E-state index contributed by atoms with van der Waals surface area (Å²) >= 11 is 0. The standard InChI is InChI=1S/C17H25NO/c1-13-7-6-10-16(14(13)2)18-17(19)12-11-15-8-4-3-5-9-15/h6-7,10,15H,3-5,8-9,11-12H2,1-2H3,(H,18,19). The lowest BCUT2D eigenvalue weighted by Crippen LogP contribution is -2.15. The molecule has 0 spiro atoms. The number of hydrogen-bond donors (Lipinski definition) is 1. The summed E-state index contributed by atoms with van der Waals surface area (Å²) in [5.41, 5.74) is 3.37. The summed E-state index contributed by atoms with van der Waals surface area (Å²) in [6.45, 7) is 4.14. The van der Waals surface area contributed by atoms with Crippen LogP contribution in [0.25, 0.3) is 0 Å². The first-order valence-corrected chi connectivity index (χ1v) is 7.53. The van der Waals surface area contributed by atoms with Gasteiger partial charge in [0, 0.05) is 12.1 Å². The number of carbonyl (C=O) groups excluding carboxylic acids is 1. The van der Waals surface area contributed by atoms with Crippen LogP contribution >= 0.6 is 0 Å². The quantitative estimate of drug-likeness (QED) is 0.841. The van der Waals surface area contributed by atoms with Crippen molar-refractivity contribution in [3.8, 4) is 0 Å². The summed E-state index contributed by atoms with van der Waals surface area (Å²) in [5, 5.41) is 3.05. The number of hydrogen-bond acceptors (Lipinski definition) is 1. The summed E-state index contributed by atoms with van der Waals surface area (Å²) in [7, 11) is 0. The minimum absolute atomic E-state index is 0.166. The molecule has 1 aliphatic rings. The fourth-order valence-corrected chi connectivity index (χ4v) is 2.91. The van der Waals surface area contributed by atoms with Crippen LogP contribution in [0.1, 0.15) is 56.1 Å². The molecule has 104 valence electrons. The van der Waals surface area contributed by atoms with Gasteiger partial charge in [-0.3, -0.25) is 4.79 Å². The summed E-state index contributed by atoms with van der Waals surface area (Å²) in [5.74, 6) is 0.942. The highest BCUT2D eigenvalue weighted by atomic mass is 16.1. The van der Waals surface area contributed by atoms with Crippen LogP contribution in [0.4, 0.5) is 5.69 Å². The summed E-state index contributed by atoms with van der Waals surface area (Å²) in [4.78, 5) is 12.0. The smallest absolute Gasteiger partial charge is 0.224 e. The van der Waals surface area contributed by atoms with Crippen LogP contribution in [0.5, 0.6) is 0 Å². The monoisotopic (exact) mass is 259 g/mol. The maximum absolute atomic E-state index is 12.0. The molecule has 0 aliphatic heterocycles. The second-order valence-electron chi connectivity index (χ2n) is 5.84. The van der Waals surface area contributed by atoms with E-state index in [-0.39, 0.29) is 5.91 Å². The number of benzene rings is 1. The van der Waals surface area contributed by atoms with Crippen molar-refractivity contribution in [3.05, 3.63) is 29.3 Å². The molecule has 1 aromatic rings. The highest BCUT2D eigenvalue weighted by Crippen LogP contribution is 2.27. The van der Waals surface area contributed by atoms with Crippen molar-refractivity contribution in [1.82, 2.24) is 0 Å². The highest BCUT2D eigenvalue weighted by Gasteiger charge is 2.15. The van der Waals surface area contributed by atoms with Crippen molar-refractivity contribution in [2.75, 3.05) is 5.32 Å². The zero-order valence-electron chi connectivity index (χ0n) is 12.2. The van der Waals surface area contributed by atoms with Gasteiger partial charge in [-0.15, -0.1) is 0 Å². The molecule has 0 aromatic heterocycles. The van der Waals surface area contributed by atoms with Crippen molar-refractivity contribution in [1.29, 1.82) is 0 Å². The van der Waals surface area contributed by atoms with Crippen molar-refractivity contribution in [3.63, 3.8) is 0 Å². The van der Waals surface area contributed by atoms with E-state index in [1.807, 2.05) is 12.1 Å². The van der Waals surface area contributed by atoms with Crippen LogP contribution in [-0.4, -0.2) is 5.91 Å². The predicted molar refractivity (Wildman–Crippen MR) is 80.4 cm³/mol. The van der Waals surface area contributed by atoms with E-state index in [1.165, 1.54) is 43.2 Å². The van der Waals surface area contributed by atoms with E-state index < -0.39 is 0 Å². The third-order valence-electron chi connectivity index (χ3n) is 4.38. The number of rotatable bonds is 4. The minimum Gasteiger partial charge on any atom is -0.326 e. The predicted octanol–water partition coefficient (Wildman–Crippen LogP) is 4.60. The molecule has 0 radical (unpaired) electrons. The number of carbonyl (C=O) groups is 1. The third kappa shape index (κ3) is 4.09. The first kappa shape index (κ1) is 14.1. The number of nitrogens with one attached hydrogen (secondary N) is 1. The van der Waals surface area contributed by atoms with E-state index >= 15 is 0 Å². The molecular weight excluding hydrogens is 234 g/mol. The first-order chi connectivity index (χ1) is 9.16. The maximum Gasteiger partial charge on any atom is 0.224 e. The van der Waals surface area contributed by atoms with Gasteiger partial charge in [-0.2, -0.15) is 0 Å². The van der Waals surface area contributed by atoms with E-state index in [9.17, 15) is 4.79 Å². The Morgan fingerprint density at radius 2 is 1.95 bits per heavy atom. The number of aryl methyl sites for hydroxylation is 1. The largest absolute Gasteiger partial charge is 0.326 e. The van der Waals surface area contributed by atoms with Gasteiger partial charge in [0.25, 0.3) is 0 Å². The Bertz CT molecular complexity index is 433. The zero-order chi connectivity index (χ0) is 13.7. The van der Waals surface area contributed by atoms with Gasteiger partial charge < -0.3 is 5.32 Å². The Kier molecular flexibility index (Phi) is 5.00. The Hall–Kier alpha value is -1.31. The fraction of sp³-hybridized carbons (Fsp3) is 0.588. The topological polar surface area (TPSA) is 29.1 Å². The molecule has 0 bridgehead atoms. The summed E-state index contributed by atoms with van der Waals surface area (Å²) < 4.78 is 0. The Balaban J connectivity index is 1.82. The van der Waals surface area contributed by atoms with Gasteiger partial charge in [0.15, 0.2) is 0 Å². The van der Waals surface area contributed by atoms with Gasteiger partial charge in [0.2, 0.25) is 5.91 Å². The van der Waals surface area contributed by atoms with Crippen molar-refractivity contribution in [2.24, 2.45) is 5.92 Å². The lowest BCUT2D eigenvalue weighted by Gasteiger charge is -2.21. The average molecular weight is 259 g/mol. The van der Waals surface area contributed by atoms with Gasteiger partial charge in [-0.1, -0.05) is 44.2 Å². The van der Waals surface area contributed by atoms with Crippen LogP contribution in [0.15, 0.2) is 18.2 Å². The lowest BCUT2D eigenvalue weighted by atomic mass is 9.86. The molecule has 0 heterocycles. The molecule has 19 heavy (non-hydrogen) atoms. The fourth-order valence-electron chi connectivity index (χ4n) is 2.91. The lowest BCUT2D eigenvalue weighted by molar-refractivity contribution is -0.116. The normalized spacial score (nSPS) is 16.3. The zero-order valence-corrected chi connectivity index (χ0v) is 12.2. The maximum atomic E-state index is 12.0. The van der Waals surface area contributed by atoms with Gasteiger partial charge in [-0.05, 0) is 43.4 Å². The van der Waals surface area contributed by atoms with E-state index in [0.29, 0.717) is 6.42 Å². The molecule has 2 nitrogen and oxygen atoms in total. The third-order valence-corrected chi connectivity index (χ3v) is 4.38. The second kappa shape index (κ2) is 6.74. The number of amides is 1. The molecule has 1 saturated carbocycles. The Morgan fingerprint density at radius 3 is 2.68 bits per heavy atom. The van der Waals surface area contributed by atoms with Gasteiger partial charge in [-0.25, -0.2) is 0 Å². The molecule has 2 rings (SSSR count). The molecule has 0 saturated heterocycles. The number of anilines is 1. The van der Waals surface area contributed by atoms with Crippen LogP contribution in [-0.2, 0) is 4.79 Å². The van der Waals surface area contributed by atoms with Gasteiger partial charge in [0.1, 0.15) is 0 Å². The van der Waals surface area contributed by atoms with Crippen LogP contribution in [0.3, 0.4) is 0 Å². The molecule has 1 amide bonds. The molecule has 2 heteroatoms. The van der Waals surface area contributed by atoms with Crippen molar-refractivity contribution >= 4 is 11.6 Å². The first-order valence-electron chi connectivity index (χ1n) is 7.53. The SMILES string of the molecule is Cc1cccc(NC(=O)CCC2CCCCC2)c1C. The molecule has 0 unspecified atom stereocenters. The Morgan fingerprint density at radius 1 is 1.21 bits per heavy atom. The van der Waals surface area contributed by atoms with Crippen LogP contribution in [0, 0.1) is 19.8 Å². The molecule has 1 fully saturated rings. The Labute approximate surface area is 116 Å². The van der Waals surface area contributed by atoms with Gasteiger partial charge >= 0.3 is 0 Å². The molecule has 0 atom stereocenters. The van der Waals surface area contributed by atoms with Crippen molar-refractivity contribution < 1.29 is 4.79 Å². The molecule has 1 N–H and O–H groups in total. The van der Waals surface area contributed by atoms with E-state index in [1.54, 1.807) is 0 Å². The van der Waals surface area contributed by atoms with Crippen LogP contribution in [0.2, 0.25) is 0 Å². The molecular formula is C17H25NO. The molecule has 1 aromatic carbocycles. The van der Waals surface area contributed by atoms with E-state index in [0.717, 1.165) is 18.0 Å². The van der Waals surface area contributed by atoms with Gasteiger partial charge in [0.05, 0.1) is 0 Å². The second-order valence-corrected chi connectivity index (χ2v) is 5.84. The molecule has 1 aliphatic carbocycles. The average Bonchev–Trinajstić information content (AvgIpc) is 2.43. The van der Waals surface area contributed by atoms with E-state index in [4.69, 9.17) is 0 Å². The van der Waals surface area contributed by atoms with E-state index in [2.05, 4.69) is 25.2 Å². The van der Waals surface area contributed by atoms with Crippen LogP contribution < -0.4 is 5.32 Å². The van der Waals surface area contributed by atoms with Crippen molar-refractivity contribution in [2.45, 2.75) is 58.8 Å². The summed E-state index contributed by atoms with van der Waals surface area (Å²) in [6, 6.07) is 6.06. The summed E-state index contributed by atoms with van der Waals surface area (Å²) in [6.07, 6.45) is 8.43.